The number of amides is 1. The van der Waals surface area contributed by atoms with Gasteiger partial charge < -0.3 is 10.2 Å². The van der Waals surface area contributed by atoms with Gasteiger partial charge in [-0.2, -0.15) is 0 Å². The average Bonchev–Trinajstić information content (AvgIpc) is 3.04. The van der Waals surface area contributed by atoms with Crippen LogP contribution < -0.4 is 5.32 Å². The molecule has 6 heteroatoms. The zero-order chi connectivity index (χ0) is 14.3. The lowest BCUT2D eigenvalue weighted by Crippen LogP contribution is -2.50. The Bertz CT molecular complexity index is 491. The molecular weight excluding hydrogens is 276 g/mol. The number of hydrogen-bond acceptors (Lipinski definition) is 4. The molecule has 3 fully saturated rings. The third kappa shape index (κ3) is 2.48. The van der Waals surface area contributed by atoms with Gasteiger partial charge in [-0.15, -0.1) is 0 Å². The van der Waals surface area contributed by atoms with Crippen molar-refractivity contribution in [1.82, 2.24) is 10.2 Å². The largest absolute Gasteiger partial charge is 0.338 e. The molecule has 2 aliphatic heterocycles. The first-order chi connectivity index (χ1) is 9.52. The molecule has 2 heterocycles. The molecule has 3 rings (SSSR count). The smallest absolute Gasteiger partial charge is 0.240 e. The highest BCUT2D eigenvalue weighted by molar-refractivity contribution is 7.91. The van der Waals surface area contributed by atoms with E-state index < -0.39 is 9.84 Å². The molecule has 0 radical (unpaired) electrons. The van der Waals surface area contributed by atoms with Gasteiger partial charge in [-0.3, -0.25) is 4.79 Å². The lowest BCUT2D eigenvalue weighted by Gasteiger charge is -2.31. The Morgan fingerprint density at radius 3 is 2.75 bits per heavy atom. The van der Waals surface area contributed by atoms with Gasteiger partial charge in [0, 0.05) is 12.6 Å². The fourth-order valence-electron chi connectivity index (χ4n) is 4.25. The van der Waals surface area contributed by atoms with E-state index in [1.165, 1.54) is 12.8 Å². The van der Waals surface area contributed by atoms with Gasteiger partial charge in [0.25, 0.3) is 0 Å². The van der Waals surface area contributed by atoms with Gasteiger partial charge in [0.1, 0.15) is 0 Å². The maximum Gasteiger partial charge on any atom is 0.240 e. The van der Waals surface area contributed by atoms with Crippen LogP contribution in [0.4, 0.5) is 0 Å². The lowest BCUT2D eigenvalue weighted by atomic mass is 9.93. The highest BCUT2D eigenvalue weighted by Crippen LogP contribution is 2.38. The average molecular weight is 300 g/mol. The highest BCUT2D eigenvalue weighted by atomic mass is 32.2. The molecule has 1 saturated carbocycles. The summed E-state index contributed by atoms with van der Waals surface area (Å²) in [7, 11) is -2.94. The van der Waals surface area contributed by atoms with Crippen LogP contribution in [-0.4, -0.2) is 55.9 Å². The van der Waals surface area contributed by atoms with E-state index >= 15 is 0 Å². The van der Waals surface area contributed by atoms with Crippen molar-refractivity contribution in [1.29, 1.82) is 0 Å². The number of carbonyl (C=O) groups is 1. The summed E-state index contributed by atoms with van der Waals surface area (Å²) in [6.07, 6.45) is 4.19. The fraction of sp³-hybridized carbons (Fsp3) is 0.929. The van der Waals surface area contributed by atoms with E-state index in [0.717, 1.165) is 13.0 Å². The Kier molecular flexibility index (Phi) is 3.79. The Morgan fingerprint density at radius 2 is 2.10 bits per heavy atom. The van der Waals surface area contributed by atoms with Crippen molar-refractivity contribution in [2.45, 2.75) is 44.7 Å². The van der Waals surface area contributed by atoms with Crippen LogP contribution in [0.5, 0.6) is 0 Å². The Labute approximate surface area is 121 Å². The molecule has 1 N–H and O–H groups in total. The maximum absolute atomic E-state index is 12.8. The Hall–Kier alpha value is -0.620. The van der Waals surface area contributed by atoms with Crippen LogP contribution in [0.25, 0.3) is 0 Å². The lowest BCUT2D eigenvalue weighted by molar-refractivity contribution is -0.135. The van der Waals surface area contributed by atoms with Crippen molar-refractivity contribution in [3.63, 3.8) is 0 Å². The normalized spacial score (nSPS) is 38.9. The molecule has 0 aromatic carbocycles. The summed E-state index contributed by atoms with van der Waals surface area (Å²) >= 11 is 0. The number of nitrogens with zero attached hydrogens (tertiary/aromatic N) is 1. The second-order valence-corrected chi connectivity index (χ2v) is 8.65. The van der Waals surface area contributed by atoms with Crippen molar-refractivity contribution < 1.29 is 13.2 Å². The van der Waals surface area contributed by atoms with Gasteiger partial charge in [-0.05, 0) is 44.6 Å². The summed E-state index contributed by atoms with van der Waals surface area (Å²) in [5, 5.41) is 3.38. The molecule has 4 unspecified atom stereocenters. The van der Waals surface area contributed by atoms with Crippen LogP contribution in [0, 0.1) is 11.8 Å². The van der Waals surface area contributed by atoms with E-state index in [1.54, 1.807) is 0 Å². The first-order valence-corrected chi connectivity index (χ1v) is 9.58. The van der Waals surface area contributed by atoms with Gasteiger partial charge in [-0.1, -0.05) is 6.42 Å². The van der Waals surface area contributed by atoms with Gasteiger partial charge in [0.15, 0.2) is 9.84 Å². The fourth-order valence-corrected chi connectivity index (χ4v) is 5.98. The van der Waals surface area contributed by atoms with E-state index in [9.17, 15) is 13.2 Å². The van der Waals surface area contributed by atoms with Crippen molar-refractivity contribution in [3.05, 3.63) is 0 Å². The number of nitrogens with one attached hydrogen (secondary N) is 1. The number of rotatable bonds is 3. The van der Waals surface area contributed by atoms with Gasteiger partial charge in [-0.25, -0.2) is 8.42 Å². The predicted octanol–water partition coefficient (Wildman–Crippen LogP) is 0.410. The van der Waals surface area contributed by atoms with Crippen LogP contribution in [0.3, 0.4) is 0 Å². The monoisotopic (exact) mass is 300 g/mol. The molecule has 114 valence electrons. The van der Waals surface area contributed by atoms with Crippen molar-refractivity contribution in [2.24, 2.45) is 11.8 Å². The molecule has 5 nitrogen and oxygen atoms in total. The molecule has 1 aliphatic carbocycles. The van der Waals surface area contributed by atoms with Gasteiger partial charge in [0.05, 0.1) is 17.5 Å². The molecule has 0 bridgehead atoms. The van der Waals surface area contributed by atoms with Gasteiger partial charge in [0.2, 0.25) is 5.91 Å². The first kappa shape index (κ1) is 14.3. The minimum atomic E-state index is -2.94. The standard InChI is InChI=1S/C14H24N2O3S/c1-2-16(11-6-7-20(18,19)9-11)14(17)13-12-5-3-4-10(12)8-15-13/h10-13,15H,2-9H2,1H3. The number of fused-ring (bicyclic) bond motifs is 1. The van der Waals surface area contributed by atoms with Gasteiger partial charge >= 0.3 is 0 Å². The van der Waals surface area contributed by atoms with E-state index in [2.05, 4.69) is 5.32 Å². The molecule has 3 aliphatic rings. The third-order valence-corrected chi connectivity index (χ3v) is 7.04. The number of likely N-dealkylation sites (N-methyl/N-ethyl adjacent to an activating group) is 1. The van der Waals surface area contributed by atoms with Crippen molar-refractivity contribution >= 4 is 15.7 Å². The predicted molar refractivity (Wildman–Crippen MR) is 77.1 cm³/mol. The van der Waals surface area contributed by atoms with Crippen LogP contribution >= 0.6 is 0 Å². The SMILES string of the molecule is CCN(C(=O)C1NCC2CCCC21)C1CCS(=O)(=O)C1. The molecule has 0 spiro atoms. The van der Waals surface area contributed by atoms with Crippen LogP contribution in [-0.2, 0) is 14.6 Å². The molecule has 4 atom stereocenters. The van der Waals surface area contributed by atoms with E-state index in [-0.39, 0.29) is 29.5 Å². The molecule has 20 heavy (non-hydrogen) atoms. The summed E-state index contributed by atoms with van der Waals surface area (Å²) in [6.45, 7) is 3.50. The minimum Gasteiger partial charge on any atom is -0.338 e. The first-order valence-electron chi connectivity index (χ1n) is 7.76. The molecule has 0 aromatic heterocycles. The Balaban J connectivity index is 1.71. The molecule has 0 aromatic rings. The summed E-state index contributed by atoms with van der Waals surface area (Å²) in [6, 6.07) is -0.189. The Morgan fingerprint density at radius 1 is 1.30 bits per heavy atom. The summed E-state index contributed by atoms with van der Waals surface area (Å²) in [5.74, 6) is 1.62. The van der Waals surface area contributed by atoms with Crippen molar-refractivity contribution in [3.8, 4) is 0 Å². The summed E-state index contributed by atoms with van der Waals surface area (Å²) in [4.78, 5) is 14.6. The van der Waals surface area contributed by atoms with Crippen molar-refractivity contribution in [2.75, 3.05) is 24.6 Å². The van der Waals surface area contributed by atoms with E-state index in [0.29, 0.717) is 24.8 Å². The van der Waals surface area contributed by atoms with Crippen LogP contribution in [0.15, 0.2) is 0 Å². The zero-order valence-corrected chi connectivity index (χ0v) is 12.9. The quantitative estimate of drug-likeness (QED) is 0.820. The highest BCUT2D eigenvalue weighted by Gasteiger charge is 2.45. The molecule has 1 amide bonds. The minimum absolute atomic E-state index is 0.0780. The van der Waals surface area contributed by atoms with Crippen LogP contribution in [0.1, 0.15) is 32.6 Å². The molecule has 2 saturated heterocycles. The topological polar surface area (TPSA) is 66.5 Å². The summed E-state index contributed by atoms with van der Waals surface area (Å²) in [5.41, 5.74) is 0. The van der Waals surface area contributed by atoms with E-state index in [4.69, 9.17) is 0 Å². The van der Waals surface area contributed by atoms with Crippen LogP contribution in [0.2, 0.25) is 0 Å². The molecular formula is C14H24N2O3S. The summed E-state index contributed by atoms with van der Waals surface area (Å²) < 4.78 is 23.3. The second-order valence-electron chi connectivity index (χ2n) is 6.42. The number of carbonyl (C=O) groups excluding carboxylic acids is 1. The maximum atomic E-state index is 12.8. The zero-order valence-electron chi connectivity index (χ0n) is 12.0. The third-order valence-electron chi connectivity index (χ3n) is 5.28. The number of sulfone groups is 1. The number of hydrogen-bond donors (Lipinski definition) is 1. The second kappa shape index (κ2) is 5.30. The van der Waals surface area contributed by atoms with E-state index in [1.807, 2.05) is 11.8 Å².